The number of carbonyl (C=O) groups is 3. The third-order valence-corrected chi connectivity index (χ3v) is 4.43. The molecular weight excluding hydrogens is 390 g/mol. The van der Waals surface area contributed by atoms with Crippen molar-refractivity contribution in [1.29, 1.82) is 0 Å². The van der Waals surface area contributed by atoms with E-state index in [0.29, 0.717) is 12.2 Å². The Morgan fingerprint density at radius 1 is 0.967 bits per heavy atom. The number of methoxy groups -OCH3 is 2. The first kappa shape index (κ1) is 22.9. The Balaban J connectivity index is 1.92. The second-order valence-electron chi connectivity index (χ2n) is 6.45. The van der Waals surface area contributed by atoms with Crippen molar-refractivity contribution in [3.63, 3.8) is 0 Å². The summed E-state index contributed by atoms with van der Waals surface area (Å²) in [5.41, 5.74) is 1.74. The van der Waals surface area contributed by atoms with Gasteiger partial charge in [0.15, 0.2) is 12.7 Å². The SMILES string of the molecule is COC(=O)N(CCc1ccccc1)C(=O)COc1ccc(C[C@H](OC)C(=O)O)cc1. The smallest absolute Gasteiger partial charge is 0.416 e. The molecule has 2 amide bonds. The van der Waals surface area contributed by atoms with Crippen LogP contribution in [0.4, 0.5) is 4.79 Å². The fraction of sp³-hybridized carbons (Fsp3) is 0.318. The van der Waals surface area contributed by atoms with Crippen LogP contribution in [0.1, 0.15) is 11.1 Å². The van der Waals surface area contributed by atoms with Crippen molar-refractivity contribution in [3.05, 3.63) is 65.7 Å². The minimum Gasteiger partial charge on any atom is -0.484 e. The monoisotopic (exact) mass is 415 g/mol. The van der Waals surface area contributed by atoms with E-state index in [1.807, 2.05) is 30.3 Å². The number of carbonyl (C=O) groups excluding carboxylic acids is 2. The maximum absolute atomic E-state index is 12.5. The molecule has 0 unspecified atom stereocenters. The zero-order valence-corrected chi connectivity index (χ0v) is 16.9. The second-order valence-corrected chi connectivity index (χ2v) is 6.45. The highest BCUT2D eigenvalue weighted by Gasteiger charge is 2.22. The lowest BCUT2D eigenvalue weighted by molar-refractivity contribution is -0.148. The van der Waals surface area contributed by atoms with Crippen molar-refractivity contribution in [2.75, 3.05) is 27.4 Å². The quantitative estimate of drug-likeness (QED) is 0.636. The molecule has 0 aliphatic heterocycles. The van der Waals surface area contributed by atoms with Gasteiger partial charge < -0.3 is 19.3 Å². The molecule has 0 fully saturated rings. The summed E-state index contributed by atoms with van der Waals surface area (Å²) in [5, 5.41) is 9.04. The third kappa shape index (κ3) is 6.89. The Morgan fingerprint density at radius 3 is 2.20 bits per heavy atom. The number of carboxylic acid groups (broad SMARTS) is 1. The molecular formula is C22H25NO7. The highest BCUT2D eigenvalue weighted by molar-refractivity contribution is 5.92. The number of imide groups is 1. The van der Waals surface area contributed by atoms with Crippen LogP contribution in [-0.4, -0.2) is 61.5 Å². The number of nitrogens with zero attached hydrogens (tertiary/aromatic N) is 1. The Kier molecular flexibility index (Phi) is 8.83. The Hall–Kier alpha value is -3.39. The van der Waals surface area contributed by atoms with Crippen LogP contribution in [0.3, 0.4) is 0 Å². The van der Waals surface area contributed by atoms with Gasteiger partial charge in [-0.15, -0.1) is 0 Å². The minimum absolute atomic E-state index is 0.172. The second kappa shape index (κ2) is 11.6. The molecule has 1 atom stereocenters. The van der Waals surface area contributed by atoms with Crippen molar-refractivity contribution in [1.82, 2.24) is 4.90 Å². The van der Waals surface area contributed by atoms with Gasteiger partial charge in [-0.1, -0.05) is 42.5 Å². The van der Waals surface area contributed by atoms with E-state index in [9.17, 15) is 14.4 Å². The molecule has 0 radical (unpaired) electrons. The number of hydrogen-bond acceptors (Lipinski definition) is 6. The summed E-state index contributed by atoms with van der Waals surface area (Å²) in [6.07, 6.45) is -0.966. The van der Waals surface area contributed by atoms with Gasteiger partial charge in [-0.3, -0.25) is 4.79 Å². The zero-order valence-electron chi connectivity index (χ0n) is 16.9. The first-order chi connectivity index (χ1) is 14.4. The summed E-state index contributed by atoms with van der Waals surface area (Å²) >= 11 is 0. The van der Waals surface area contributed by atoms with Gasteiger partial charge in [0.1, 0.15) is 5.75 Å². The molecule has 0 aliphatic carbocycles. The van der Waals surface area contributed by atoms with E-state index in [1.165, 1.54) is 14.2 Å². The predicted octanol–water partition coefficient (Wildman–Crippen LogP) is 2.55. The first-order valence-corrected chi connectivity index (χ1v) is 9.34. The minimum atomic E-state index is -1.04. The van der Waals surface area contributed by atoms with E-state index in [-0.39, 0.29) is 19.6 Å². The van der Waals surface area contributed by atoms with Crippen LogP contribution in [0.5, 0.6) is 5.75 Å². The van der Waals surface area contributed by atoms with Gasteiger partial charge in [-0.25, -0.2) is 14.5 Å². The van der Waals surface area contributed by atoms with Crippen molar-refractivity contribution >= 4 is 18.0 Å². The van der Waals surface area contributed by atoms with Crippen molar-refractivity contribution in [2.24, 2.45) is 0 Å². The van der Waals surface area contributed by atoms with Crippen LogP contribution in [0.15, 0.2) is 54.6 Å². The van der Waals surface area contributed by atoms with E-state index in [4.69, 9.17) is 19.3 Å². The number of rotatable bonds is 10. The normalized spacial score (nSPS) is 11.4. The van der Waals surface area contributed by atoms with Crippen LogP contribution < -0.4 is 4.74 Å². The summed E-state index contributed by atoms with van der Waals surface area (Å²) < 4.78 is 15.1. The molecule has 0 saturated heterocycles. The molecule has 160 valence electrons. The molecule has 0 aliphatic rings. The molecule has 0 bridgehead atoms. The molecule has 2 rings (SSSR count). The van der Waals surface area contributed by atoms with Gasteiger partial charge >= 0.3 is 12.1 Å². The van der Waals surface area contributed by atoms with Gasteiger partial charge in [-0.2, -0.15) is 0 Å². The number of aliphatic carboxylic acids is 1. The lowest BCUT2D eigenvalue weighted by Crippen LogP contribution is -2.41. The van der Waals surface area contributed by atoms with E-state index < -0.39 is 24.1 Å². The molecule has 1 N–H and O–H groups in total. The molecule has 0 aromatic heterocycles. The topological polar surface area (TPSA) is 102 Å². The average molecular weight is 415 g/mol. The van der Waals surface area contributed by atoms with Crippen LogP contribution in [0.2, 0.25) is 0 Å². The molecule has 2 aromatic carbocycles. The van der Waals surface area contributed by atoms with Crippen LogP contribution in [0, 0.1) is 0 Å². The fourth-order valence-electron chi connectivity index (χ4n) is 2.74. The van der Waals surface area contributed by atoms with Gasteiger partial charge in [0.25, 0.3) is 5.91 Å². The highest BCUT2D eigenvalue weighted by atomic mass is 16.5. The van der Waals surface area contributed by atoms with Crippen molar-refractivity contribution in [3.8, 4) is 5.75 Å². The first-order valence-electron chi connectivity index (χ1n) is 9.34. The van der Waals surface area contributed by atoms with E-state index >= 15 is 0 Å². The van der Waals surface area contributed by atoms with Crippen LogP contribution in [-0.2, 0) is 31.9 Å². The number of carboxylic acids is 1. The molecule has 8 nitrogen and oxygen atoms in total. The Bertz CT molecular complexity index is 836. The Labute approximate surface area is 175 Å². The van der Waals surface area contributed by atoms with E-state index in [1.54, 1.807) is 24.3 Å². The third-order valence-electron chi connectivity index (χ3n) is 4.43. The maximum Gasteiger partial charge on any atom is 0.416 e. The van der Waals surface area contributed by atoms with Gasteiger partial charge in [0.05, 0.1) is 7.11 Å². The van der Waals surface area contributed by atoms with Gasteiger partial charge in [0.2, 0.25) is 0 Å². The summed E-state index contributed by atoms with van der Waals surface area (Å²) in [4.78, 5) is 36.5. The molecule has 0 spiro atoms. The van der Waals surface area contributed by atoms with Gasteiger partial charge in [-0.05, 0) is 29.7 Å². The zero-order chi connectivity index (χ0) is 21.9. The van der Waals surface area contributed by atoms with Crippen LogP contribution in [0.25, 0.3) is 0 Å². The lowest BCUT2D eigenvalue weighted by Gasteiger charge is -2.19. The van der Waals surface area contributed by atoms with Crippen molar-refractivity contribution in [2.45, 2.75) is 18.9 Å². The standard InChI is InChI=1S/C22H25NO7/c1-28-19(21(25)26)14-17-8-10-18(11-9-17)30-15-20(24)23(22(27)29-2)13-12-16-6-4-3-5-7-16/h3-11,19H,12-15H2,1-2H3,(H,25,26)/t19-/m0/s1. The largest absolute Gasteiger partial charge is 0.484 e. The molecule has 0 heterocycles. The lowest BCUT2D eigenvalue weighted by atomic mass is 10.1. The van der Waals surface area contributed by atoms with Crippen LogP contribution >= 0.6 is 0 Å². The molecule has 2 aromatic rings. The molecule has 30 heavy (non-hydrogen) atoms. The average Bonchev–Trinajstić information content (AvgIpc) is 2.77. The highest BCUT2D eigenvalue weighted by Crippen LogP contribution is 2.15. The summed E-state index contributed by atoms with van der Waals surface area (Å²) in [5.74, 6) is -1.14. The number of amides is 2. The summed E-state index contributed by atoms with van der Waals surface area (Å²) in [7, 11) is 2.56. The fourth-order valence-corrected chi connectivity index (χ4v) is 2.74. The van der Waals surface area contributed by atoms with E-state index in [0.717, 1.165) is 16.0 Å². The summed E-state index contributed by atoms with van der Waals surface area (Å²) in [6, 6.07) is 16.1. The van der Waals surface area contributed by atoms with Gasteiger partial charge in [0, 0.05) is 20.1 Å². The molecule has 8 heteroatoms. The Morgan fingerprint density at radius 2 is 1.63 bits per heavy atom. The van der Waals surface area contributed by atoms with Crippen molar-refractivity contribution < 1.29 is 33.7 Å². The number of benzene rings is 2. The number of ether oxygens (including phenoxy) is 3. The van der Waals surface area contributed by atoms with E-state index in [2.05, 4.69) is 0 Å². The predicted molar refractivity (Wildman–Crippen MR) is 108 cm³/mol. The molecule has 0 saturated carbocycles. The maximum atomic E-state index is 12.5. The summed E-state index contributed by atoms with van der Waals surface area (Å²) in [6.45, 7) is -0.162. The number of hydrogen-bond donors (Lipinski definition) is 1.